The summed E-state index contributed by atoms with van der Waals surface area (Å²) in [6, 6.07) is 0. The zero-order valence-electron chi connectivity index (χ0n) is 21.6. The Morgan fingerprint density at radius 3 is 1.85 bits per heavy atom. The van der Waals surface area contributed by atoms with Crippen molar-refractivity contribution in [3.05, 3.63) is 23.4 Å². The van der Waals surface area contributed by atoms with Gasteiger partial charge in [-0.25, -0.2) is 0 Å². The van der Waals surface area contributed by atoms with Gasteiger partial charge in [-0.1, -0.05) is 43.1 Å². The van der Waals surface area contributed by atoms with Crippen LogP contribution in [0.15, 0.2) is 23.4 Å². The molecule has 0 aliphatic heterocycles. The summed E-state index contributed by atoms with van der Waals surface area (Å²) in [5.74, 6) is -1.30. The molecular formula is C24H42O7Si2. The number of carbonyl (C=O) groups excluding carboxylic acids is 2. The molecule has 0 aromatic rings. The predicted molar refractivity (Wildman–Crippen MR) is 132 cm³/mol. The van der Waals surface area contributed by atoms with Gasteiger partial charge in [-0.15, -0.1) is 0 Å². The van der Waals surface area contributed by atoms with Crippen molar-refractivity contribution in [2.24, 2.45) is 17.3 Å². The van der Waals surface area contributed by atoms with Gasteiger partial charge in [0.2, 0.25) is 0 Å². The minimum Gasteiger partial charge on any atom is -0.468 e. The van der Waals surface area contributed by atoms with Crippen LogP contribution in [-0.2, 0) is 32.3 Å². The van der Waals surface area contributed by atoms with Gasteiger partial charge in [0, 0.05) is 19.8 Å². The maximum atomic E-state index is 13.0. The van der Waals surface area contributed by atoms with E-state index in [0.717, 1.165) is 12.0 Å². The second-order valence-electron chi connectivity index (χ2n) is 9.95. The Morgan fingerprint density at radius 2 is 1.45 bits per heavy atom. The lowest BCUT2D eigenvalue weighted by atomic mass is 9.83. The lowest BCUT2D eigenvalue weighted by molar-refractivity contribution is -0.169. The van der Waals surface area contributed by atoms with Gasteiger partial charge in [0.1, 0.15) is 0 Å². The molecule has 2 aliphatic carbocycles. The third kappa shape index (κ3) is 5.37. The highest BCUT2D eigenvalue weighted by Crippen LogP contribution is 2.59. The van der Waals surface area contributed by atoms with Crippen LogP contribution >= 0.6 is 0 Å². The molecule has 2 rings (SSSR count). The molecule has 0 aromatic carbocycles. The van der Waals surface area contributed by atoms with E-state index in [-0.39, 0.29) is 23.8 Å². The first-order chi connectivity index (χ1) is 15.5. The molecule has 0 spiro atoms. The largest absolute Gasteiger partial charge is 0.508 e. The maximum absolute atomic E-state index is 13.0. The van der Waals surface area contributed by atoms with Crippen molar-refractivity contribution in [2.75, 3.05) is 34.0 Å². The highest BCUT2D eigenvalue weighted by atomic mass is 28.4. The third-order valence-corrected chi connectivity index (χ3v) is 12.8. The monoisotopic (exact) mass is 498 g/mol. The molecule has 3 atom stereocenters. The molecule has 0 aromatic heterocycles. The molecular weight excluding hydrogens is 456 g/mol. The minimum atomic E-state index is -3.21. The number of rotatable bonds is 10. The van der Waals surface area contributed by atoms with Crippen LogP contribution < -0.4 is 0 Å². The lowest BCUT2D eigenvalue weighted by Crippen LogP contribution is -2.52. The normalized spacial score (nSPS) is 25.2. The van der Waals surface area contributed by atoms with E-state index in [2.05, 4.69) is 32.3 Å². The van der Waals surface area contributed by atoms with Crippen LogP contribution in [0.5, 0.6) is 0 Å². The quantitative estimate of drug-likeness (QED) is 0.189. The topological polar surface area (TPSA) is 80.3 Å². The van der Waals surface area contributed by atoms with Crippen molar-refractivity contribution in [2.45, 2.75) is 65.2 Å². The second kappa shape index (κ2) is 11.0. The molecule has 0 N–H and O–H groups in total. The third-order valence-electron chi connectivity index (χ3n) is 7.01. The van der Waals surface area contributed by atoms with Crippen molar-refractivity contribution in [1.82, 2.24) is 0 Å². The van der Waals surface area contributed by atoms with E-state index in [0.29, 0.717) is 26.2 Å². The minimum absolute atomic E-state index is 0.0773. The fourth-order valence-corrected chi connectivity index (χ4v) is 10.4. The van der Waals surface area contributed by atoms with Crippen molar-refractivity contribution in [3.8, 4) is 0 Å². The second-order valence-corrected chi connectivity index (χ2v) is 17.8. The number of hydrogen-bond donors (Lipinski definition) is 0. The molecule has 0 amide bonds. The highest BCUT2D eigenvalue weighted by molar-refractivity contribution is 6.83. The zero-order valence-corrected chi connectivity index (χ0v) is 23.6. The van der Waals surface area contributed by atoms with Crippen LogP contribution in [0.4, 0.5) is 0 Å². The van der Waals surface area contributed by atoms with Gasteiger partial charge in [-0.2, -0.15) is 0 Å². The van der Waals surface area contributed by atoms with Crippen molar-refractivity contribution >= 4 is 28.8 Å². The maximum Gasteiger partial charge on any atom is 0.508 e. The van der Waals surface area contributed by atoms with Gasteiger partial charge in [0.25, 0.3) is 0 Å². The Bertz CT molecular complexity index is 738. The van der Waals surface area contributed by atoms with Gasteiger partial charge >= 0.3 is 20.7 Å². The van der Waals surface area contributed by atoms with Gasteiger partial charge in [0.05, 0.1) is 27.8 Å². The number of esters is 2. The van der Waals surface area contributed by atoms with Crippen LogP contribution in [-0.4, -0.2) is 62.9 Å². The van der Waals surface area contributed by atoms with E-state index in [1.165, 1.54) is 19.4 Å². The molecule has 9 heteroatoms. The Labute approximate surface area is 201 Å². The summed E-state index contributed by atoms with van der Waals surface area (Å²) in [6.07, 6.45) is 3.66. The van der Waals surface area contributed by atoms with E-state index >= 15 is 0 Å². The first-order valence-corrected chi connectivity index (χ1v) is 17.2. The molecule has 0 radical (unpaired) electrons. The average molecular weight is 499 g/mol. The fourth-order valence-electron chi connectivity index (χ4n) is 5.46. The smallest absolute Gasteiger partial charge is 0.468 e. The Hall–Kier alpha value is -1.27. The summed E-state index contributed by atoms with van der Waals surface area (Å²) in [5, 5.41) is 1.38. The average Bonchev–Trinajstić information content (AvgIpc) is 3.10. The van der Waals surface area contributed by atoms with Crippen LogP contribution in [0.1, 0.15) is 40.0 Å². The lowest BCUT2D eigenvalue weighted by Gasteiger charge is -2.38. The molecule has 0 bridgehead atoms. The molecule has 0 unspecified atom stereocenters. The summed E-state index contributed by atoms with van der Waals surface area (Å²) in [5.41, 5.74) is -0.521. The molecule has 2 aliphatic rings. The van der Waals surface area contributed by atoms with E-state index in [9.17, 15) is 9.59 Å². The number of carbonyl (C=O) groups is 2. The van der Waals surface area contributed by atoms with Gasteiger partial charge in [0.15, 0.2) is 5.41 Å². The van der Waals surface area contributed by atoms with E-state index < -0.39 is 34.2 Å². The van der Waals surface area contributed by atoms with E-state index in [1.54, 1.807) is 0 Å². The Morgan fingerprint density at radius 1 is 0.970 bits per heavy atom. The number of fused-ring (bicyclic) bond motifs is 1. The number of hydrogen-bond acceptors (Lipinski definition) is 7. The molecule has 0 saturated heterocycles. The van der Waals surface area contributed by atoms with Crippen molar-refractivity contribution in [1.29, 1.82) is 0 Å². The van der Waals surface area contributed by atoms with Crippen LogP contribution in [0.3, 0.4) is 0 Å². The zero-order chi connectivity index (χ0) is 25.0. The molecule has 1 saturated carbocycles. The van der Waals surface area contributed by atoms with Crippen molar-refractivity contribution in [3.63, 3.8) is 0 Å². The van der Waals surface area contributed by atoms with Crippen LogP contribution in [0.25, 0.3) is 0 Å². The standard InChI is InChI=1S/C24H42O7Si2/c1-10-29-33(30-11-2,31-12-3)21-14-18(32(7,8)9)13-17(4)19-15-24(16-20(19)21,22(25)27-5)23(26)28-6/h14,19-21H,4,10-13,15-16H2,1-3,5-9H3/t19-,20-,21-/m0/s1. The summed E-state index contributed by atoms with van der Waals surface area (Å²) < 4.78 is 29.3. The van der Waals surface area contributed by atoms with Gasteiger partial charge in [-0.3, -0.25) is 9.59 Å². The summed E-state index contributed by atoms with van der Waals surface area (Å²) in [6.45, 7) is 18.6. The van der Waals surface area contributed by atoms with Gasteiger partial charge in [-0.05, 0) is 51.9 Å². The summed E-state index contributed by atoms with van der Waals surface area (Å²) in [4.78, 5) is 26.0. The highest BCUT2D eigenvalue weighted by Gasteiger charge is 2.64. The molecule has 7 nitrogen and oxygen atoms in total. The fraction of sp³-hybridized carbons (Fsp3) is 0.750. The van der Waals surface area contributed by atoms with Crippen LogP contribution in [0.2, 0.25) is 25.2 Å². The predicted octanol–water partition coefficient (Wildman–Crippen LogP) is 4.53. The molecule has 33 heavy (non-hydrogen) atoms. The summed E-state index contributed by atoms with van der Waals surface area (Å²) in [7, 11) is -2.27. The number of allylic oxidation sites excluding steroid dienone is 3. The number of methoxy groups -OCH3 is 2. The molecule has 188 valence electrons. The molecule has 1 fully saturated rings. The first-order valence-electron chi connectivity index (χ1n) is 11.9. The Kier molecular flexibility index (Phi) is 9.31. The number of ether oxygens (including phenoxy) is 2. The summed E-state index contributed by atoms with van der Waals surface area (Å²) >= 11 is 0. The van der Waals surface area contributed by atoms with Crippen molar-refractivity contribution < 1.29 is 32.3 Å². The first kappa shape index (κ1) is 28.0. The Balaban J connectivity index is 2.75. The van der Waals surface area contributed by atoms with Gasteiger partial charge < -0.3 is 22.8 Å². The van der Waals surface area contributed by atoms with Crippen LogP contribution in [0, 0.1) is 17.3 Å². The molecule has 0 heterocycles. The van der Waals surface area contributed by atoms with E-state index in [4.69, 9.17) is 22.8 Å². The SMILES string of the molecule is C=C1CC([Si](C)(C)C)=C[C@H]([Si](OCC)(OCC)OCC)[C@H]2CC(C(=O)OC)(C(=O)OC)C[C@@H]12. The van der Waals surface area contributed by atoms with E-state index in [1.807, 2.05) is 20.8 Å².